The van der Waals surface area contributed by atoms with Crippen molar-refractivity contribution in [2.75, 3.05) is 6.61 Å². The van der Waals surface area contributed by atoms with Crippen LogP contribution in [-0.2, 0) is 5.33 Å². The van der Waals surface area contributed by atoms with Crippen molar-refractivity contribution in [3.05, 3.63) is 41.7 Å². The number of halogens is 1. The molecule has 3 nitrogen and oxygen atoms in total. The van der Waals surface area contributed by atoms with Crippen LogP contribution in [0, 0.1) is 6.92 Å². The van der Waals surface area contributed by atoms with Crippen LogP contribution in [0.25, 0.3) is 11.4 Å². The van der Waals surface area contributed by atoms with E-state index in [1.807, 2.05) is 44.3 Å². The molecule has 0 saturated heterocycles. The largest absolute Gasteiger partial charge is 0.494 e. The quantitative estimate of drug-likeness (QED) is 0.807. The second kappa shape index (κ2) is 5.96. The molecule has 0 spiro atoms. The molecule has 0 saturated carbocycles. The van der Waals surface area contributed by atoms with E-state index in [1.165, 1.54) is 0 Å². The SMILES string of the molecule is CCOc1cccc(-c2ncc(C)c(CBr)n2)c1. The first-order chi connectivity index (χ1) is 8.74. The molecule has 0 aliphatic heterocycles. The maximum atomic E-state index is 5.48. The summed E-state index contributed by atoms with van der Waals surface area (Å²) in [5.41, 5.74) is 3.08. The number of hydrogen-bond donors (Lipinski definition) is 0. The molecule has 1 aromatic heterocycles. The Bertz CT molecular complexity index is 543. The van der Waals surface area contributed by atoms with Gasteiger partial charge in [0.1, 0.15) is 5.75 Å². The Morgan fingerprint density at radius 2 is 2.17 bits per heavy atom. The summed E-state index contributed by atoms with van der Waals surface area (Å²) in [7, 11) is 0. The average molecular weight is 307 g/mol. The molecule has 94 valence electrons. The highest BCUT2D eigenvalue weighted by molar-refractivity contribution is 9.08. The summed E-state index contributed by atoms with van der Waals surface area (Å²) in [5.74, 6) is 1.58. The fourth-order valence-corrected chi connectivity index (χ4v) is 2.21. The van der Waals surface area contributed by atoms with Crippen LogP contribution in [0.15, 0.2) is 30.5 Å². The lowest BCUT2D eigenvalue weighted by Crippen LogP contribution is -1.97. The molecule has 0 fully saturated rings. The first-order valence-corrected chi connectivity index (χ1v) is 6.98. The molecule has 0 atom stereocenters. The smallest absolute Gasteiger partial charge is 0.159 e. The van der Waals surface area contributed by atoms with Crippen LogP contribution in [-0.4, -0.2) is 16.6 Å². The van der Waals surface area contributed by atoms with Gasteiger partial charge in [0, 0.05) is 17.1 Å². The minimum atomic E-state index is 0.658. The molecule has 2 aromatic rings. The first-order valence-electron chi connectivity index (χ1n) is 5.86. The molecule has 0 bridgehead atoms. The summed E-state index contributed by atoms with van der Waals surface area (Å²) >= 11 is 3.44. The zero-order valence-corrected chi connectivity index (χ0v) is 12.1. The van der Waals surface area contributed by atoms with E-state index in [2.05, 4.69) is 25.9 Å². The van der Waals surface area contributed by atoms with Gasteiger partial charge in [0.15, 0.2) is 5.82 Å². The van der Waals surface area contributed by atoms with Crippen molar-refractivity contribution < 1.29 is 4.74 Å². The van der Waals surface area contributed by atoms with Gasteiger partial charge in [-0.15, -0.1) is 0 Å². The number of aromatic nitrogens is 2. The number of nitrogens with zero attached hydrogens (tertiary/aromatic N) is 2. The molecular formula is C14H15BrN2O. The summed E-state index contributed by atoms with van der Waals surface area (Å²) < 4.78 is 5.48. The predicted molar refractivity (Wildman–Crippen MR) is 76.0 cm³/mol. The second-order valence-electron chi connectivity index (χ2n) is 3.92. The van der Waals surface area contributed by atoms with Gasteiger partial charge in [-0.1, -0.05) is 28.1 Å². The molecule has 0 aliphatic rings. The standard InChI is InChI=1S/C14H15BrN2O/c1-3-18-12-6-4-5-11(7-12)14-16-9-10(2)13(8-15)17-14/h4-7,9H,3,8H2,1-2H3. The third kappa shape index (κ3) is 2.88. The Morgan fingerprint density at radius 1 is 1.33 bits per heavy atom. The second-order valence-corrected chi connectivity index (χ2v) is 4.48. The van der Waals surface area contributed by atoms with Crippen LogP contribution in [0.2, 0.25) is 0 Å². The predicted octanol–water partition coefficient (Wildman–Crippen LogP) is 3.75. The molecule has 18 heavy (non-hydrogen) atoms. The molecule has 0 radical (unpaired) electrons. The molecule has 0 unspecified atom stereocenters. The summed E-state index contributed by atoms with van der Waals surface area (Å²) in [6, 6.07) is 7.85. The lowest BCUT2D eigenvalue weighted by Gasteiger charge is -2.07. The van der Waals surface area contributed by atoms with Crippen molar-refractivity contribution in [3.8, 4) is 17.1 Å². The maximum Gasteiger partial charge on any atom is 0.159 e. The van der Waals surface area contributed by atoms with E-state index in [4.69, 9.17) is 4.74 Å². The number of alkyl halides is 1. The normalized spacial score (nSPS) is 10.4. The van der Waals surface area contributed by atoms with Gasteiger partial charge in [0.05, 0.1) is 12.3 Å². The number of rotatable bonds is 4. The lowest BCUT2D eigenvalue weighted by molar-refractivity contribution is 0.340. The van der Waals surface area contributed by atoms with Gasteiger partial charge in [-0.2, -0.15) is 0 Å². The van der Waals surface area contributed by atoms with Crippen LogP contribution in [0.4, 0.5) is 0 Å². The Morgan fingerprint density at radius 3 is 2.89 bits per heavy atom. The van der Waals surface area contributed by atoms with Crippen LogP contribution in [0.1, 0.15) is 18.2 Å². The summed E-state index contributed by atoms with van der Waals surface area (Å²) in [6.45, 7) is 4.64. The number of ether oxygens (including phenoxy) is 1. The van der Waals surface area contributed by atoms with Gasteiger partial charge in [-0.3, -0.25) is 0 Å². The molecular weight excluding hydrogens is 292 g/mol. The van der Waals surface area contributed by atoms with Crippen molar-refractivity contribution >= 4 is 15.9 Å². The van der Waals surface area contributed by atoms with Crippen molar-refractivity contribution in [3.63, 3.8) is 0 Å². The molecule has 4 heteroatoms. The zero-order valence-electron chi connectivity index (χ0n) is 10.5. The first kappa shape index (κ1) is 13.0. The molecule has 0 aliphatic carbocycles. The summed E-state index contributed by atoms with van der Waals surface area (Å²) in [4.78, 5) is 8.92. The van der Waals surface area contributed by atoms with Gasteiger partial charge in [0.25, 0.3) is 0 Å². The van der Waals surface area contributed by atoms with Crippen molar-refractivity contribution in [2.24, 2.45) is 0 Å². The van der Waals surface area contributed by atoms with Crippen LogP contribution >= 0.6 is 15.9 Å². The van der Waals surface area contributed by atoms with E-state index in [9.17, 15) is 0 Å². The number of benzene rings is 1. The van der Waals surface area contributed by atoms with E-state index in [0.717, 1.165) is 33.7 Å². The van der Waals surface area contributed by atoms with E-state index in [-0.39, 0.29) is 0 Å². The molecule has 1 aromatic carbocycles. The molecule has 0 N–H and O–H groups in total. The van der Waals surface area contributed by atoms with Gasteiger partial charge >= 0.3 is 0 Å². The fourth-order valence-electron chi connectivity index (χ4n) is 1.64. The van der Waals surface area contributed by atoms with Crippen molar-refractivity contribution in [1.29, 1.82) is 0 Å². The topological polar surface area (TPSA) is 35.0 Å². The minimum absolute atomic E-state index is 0.658. The van der Waals surface area contributed by atoms with Crippen LogP contribution < -0.4 is 4.74 Å². The molecule has 1 heterocycles. The summed E-state index contributed by atoms with van der Waals surface area (Å²) in [6.07, 6.45) is 1.85. The third-order valence-electron chi connectivity index (χ3n) is 2.61. The Balaban J connectivity index is 2.38. The average Bonchev–Trinajstić information content (AvgIpc) is 2.40. The van der Waals surface area contributed by atoms with Gasteiger partial charge in [0.2, 0.25) is 0 Å². The highest BCUT2D eigenvalue weighted by atomic mass is 79.9. The zero-order chi connectivity index (χ0) is 13.0. The van der Waals surface area contributed by atoms with E-state index in [0.29, 0.717) is 6.61 Å². The monoisotopic (exact) mass is 306 g/mol. The Kier molecular flexibility index (Phi) is 4.31. The summed E-state index contributed by atoms with van der Waals surface area (Å²) in [5, 5.41) is 0.736. The fraction of sp³-hybridized carbons (Fsp3) is 0.286. The minimum Gasteiger partial charge on any atom is -0.494 e. The number of aryl methyl sites for hydroxylation is 1. The maximum absolute atomic E-state index is 5.48. The highest BCUT2D eigenvalue weighted by Gasteiger charge is 2.06. The molecule has 2 rings (SSSR count). The van der Waals surface area contributed by atoms with Gasteiger partial charge in [-0.05, 0) is 31.5 Å². The van der Waals surface area contributed by atoms with Crippen molar-refractivity contribution in [1.82, 2.24) is 9.97 Å². The number of hydrogen-bond acceptors (Lipinski definition) is 3. The van der Waals surface area contributed by atoms with Crippen LogP contribution in [0.5, 0.6) is 5.75 Å². The van der Waals surface area contributed by atoms with Gasteiger partial charge < -0.3 is 4.74 Å². The van der Waals surface area contributed by atoms with E-state index in [1.54, 1.807) is 0 Å². The molecule has 0 amide bonds. The van der Waals surface area contributed by atoms with Gasteiger partial charge in [-0.25, -0.2) is 9.97 Å². The van der Waals surface area contributed by atoms with E-state index < -0.39 is 0 Å². The van der Waals surface area contributed by atoms with Crippen LogP contribution in [0.3, 0.4) is 0 Å². The Labute approximate surface area is 115 Å². The lowest BCUT2D eigenvalue weighted by atomic mass is 10.2. The van der Waals surface area contributed by atoms with Crippen molar-refractivity contribution in [2.45, 2.75) is 19.2 Å². The Hall–Kier alpha value is -1.42. The van der Waals surface area contributed by atoms with E-state index >= 15 is 0 Å². The highest BCUT2D eigenvalue weighted by Crippen LogP contribution is 2.22. The third-order valence-corrected chi connectivity index (χ3v) is 3.14.